The average Bonchev–Trinajstić information content (AvgIpc) is 2.98. The predicted octanol–water partition coefficient (Wildman–Crippen LogP) is 1.56. The highest BCUT2D eigenvalue weighted by Gasteiger charge is 2.22. The van der Waals surface area contributed by atoms with Crippen molar-refractivity contribution in [1.82, 2.24) is 15.1 Å². The molecule has 0 saturated carbocycles. The van der Waals surface area contributed by atoms with Gasteiger partial charge in [0.2, 0.25) is 0 Å². The summed E-state index contributed by atoms with van der Waals surface area (Å²) in [5, 5.41) is 3.25. The lowest BCUT2D eigenvalue weighted by Crippen LogP contribution is -2.46. The number of nitrogens with one attached hydrogen (secondary N) is 1. The summed E-state index contributed by atoms with van der Waals surface area (Å²) >= 11 is 0. The lowest BCUT2D eigenvalue weighted by Gasteiger charge is -2.29. The van der Waals surface area contributed by atoms with Gasteiger partial charge in [0, 0.05) is 26.2 Å². The smallest absolute Gasteiger partial charge is 0.289 e. The molecule has 1 amide bonds. The molecule has 2 aliphatic rings. The molecule has 1 N–H and O–H groups in total. The highest BCUT2D eigenvalue weighted by atomic mass is 16.4. The van der Waals surface area contributed by atoms with Crippen molar-refractivity contribution < 1.29 is 9.21 Å². The van der Waals surface area contributed by atoms with Gasteiger partial charge in [0.25, 0.3) is 5.91 Å². The first-order chi connectivity index (χ1) is 10.2. The number of furan rings is 1. The van der Waals surface area contributed by atoms with E-state index in [2.05, 4.69) is 17.1 Å². The van der Waals surface area contributed by atoms with E-state index in [0.717, 1.165) is 57.5 Å². The molecule has 3 heterocycles. The molecule has 21 heavy (non-hydrogen) atoms. The van der Waals surface area contributed by atoms with Crippen LogP contribution in [0.5, 0.6) is 0 Å². The standard InChI is InChI=1S/C16H25N3O2/c1-13-4-8-18(9-5-13)12-14-2-3-15(21-14)16(20)19-10-6-17-7-11-19/h2-3,13,17H,4-12H2,1H3. The molecular weight excluding hydrogens is 266 g/mol. The Kier molecular flexibility index (Phi) is 4.60. The maximum absolute atomic E-state index is 12.3. The maximum atomic E-state index is 12.3. The largest absolute Gasteiger partial charge is 0.455 e. The number of hydrogen-bond acceptors (Lipinski definition) is 4. The SMILES string of the molecule is CC1CCN(Cc2ccc(C(=O)N3CCNCC3)o2)CC1. The van der Waals surface area contributed by atoms with Crippen molar-refractivity contribution in [1.29, 1.82) is 0 Å². The van der Waals surface area contributed by atoms with Gasteiger partial charge in [0.15, 0.2) is 5.76 Å². The Balaban J connectivity index is 1.56. The molecule has 1 aromatic heterocycles. The van der Waals surface area contributed by atoms with Crippen molar-refractivity contribution in [2.45, 2.75) is 26.3 Å². The highest BCUT2D eigenvalue weighted by Crippen LogP contribution is 2.19. The molecule has 2 fully saturated rings. The number of nitrogens with zero attached hydrogens (tertiary/aromatic N) is 2. The van der Waals surface area contributed by atoms with Crippen LogP contribution in [0.1, 0.15) is 36.1 Å². The summed E-state index contributed by atoms with van der Waals surface area (Å²) < 4.78 is 5.77. The van der Waals surface area contributed by atoms with Crippen molar-refractivity contribution >= 4 is 5.91 Å². The minimum Gasteiger partial charge on any atom is -0.455 e. The highest BCUT2D eigenvalue weighted by molar-refractivity contribution is 5.91. The quantitative estimate of drug-likeness (QED) is 0.918. The van der Waals surface area contributed by atoms with Gasteiger partial charge in [-0.2, -0.15) is 0 Å². The van der Waals surface area contributed by atoms with Crippen LogP contribution in [0, 0.1) is 5.92 Å². The fourth-order valence-corrected chi connectivity index (χ4v) is 3.04. The van der Waals surface area contributed by atoms with E-state index in [0.29, 0.717) is 5.76 Å². The Morgan fingerprint density at radius 2 is 1.95 bits per heavy atom. The first-order valence-electron chi connectivity index (χ1n) is 8.03. The molecule has 0 aromatic carbocycles. The number of carbonyl (C=O) groups excluding carboxylic acids is 1. The number of piperidine rings is 1. The summed E-state index contributed by atoms with van der Waals surface area (Å²) in [4.78, 5) is 16.6. The van der Waals surface area contributed by atoms with Crippen molar-refractivity contribution in [3.63, 3.8) is 0 Å². The summed E-state index contributed by atoms with van der Waals surface area (Å²) in [6.45, 7) is 8.65. The number of carbonyl (C=O) groups is 1. The van der Waals surface area contributed by atoms with Crippen LogP contribution < -0.4 is 5.32 Å². The van der Waals surface area contributed by atoms with Crippen LogP contribution in [0.2, 0.25) is 0 Å². The molecule has 5 nitrogen and oxygen atoms in total. The number of amides is 1. The summed E-state index contributed by atoms with van der Waals surface area (Å²) in [6.07, 6.45) is 2.51. The third-order valence-electron chi connectivity index (χ3n) is 4.53. The molecule has 3 rings (SSSR count). The first-order valence-corrected chi connectivity index (χ1v) is 8.03. The predicted molar refractivity (Wildman–Crippen MR) is 81.2 cm³/mol. The topological polar surface area (TPSA) is 48.7 Å². The fourth-order valence-electron chi connectivity index (χ4n) is 3.04. The van der Waals surface area contributed by atoms with Gasteiger partial charge < -0.3 is 14.6 Å². The molecule has 1 aromatic rings. The van der Waals surface area contributed by atoms with E-state index in [1.54, 1.807) is 0 Å². The van der Waals surface area contributed by atoms with Crippen molar-refractivity contribution in [2.24, 2.45) is 5.92 Å². The maximum Gasteiger partial charge on any atom is 0.289 e. The normalized spacial score (nSPS) is 21.7. The Bertz CT molecular complexity index is 472. The zero-order chi connectivity index (χ0) is 14.7. The lowest BCUT2D eigenvalue weighted by molar-refractivity contribution is 0.0699. The molecule has 5 heteroatoms. The Morgan fingerprint density at radius 1 is 1.24 bits per heavy atom. The molecule has 2 aliphatic heterocycles. The summed E-state index contributed by atoms with van der Waals surface area (Å²) in [6, 6.07) is 3.78. The summed E-state index contributed by atoms with van der Waals surface area (Å²) in [5.74, 6) is 2.25. The van der Waals surface area contributed by atoms with Gasteiger partial charge in [-0.15, -0.1) is 0 Å². The van der Waals surface area contributed by atoms with Crippen LogP contribution >= 0.6 is 0 Å². The molecule has 0 spiro atoms. The Hall–Kier alpha value is -1.33. The number of hydrogen-bond donors (Lipinski definition) is 1. The molecule has 2 saturated heterocycles. The third kappa shape index (κ3) is 3.66. The molecule has 0 atom stereocenters. The summed E-state index contributed by atoms with van der Waals surface area (Å²) in [5.41, 5.74) is 0. The second kappa shape index (κ2) is 6.62. The first kappa shape index (κ1) is 14.6. The minimum absolute atomic E-state index is 0.0232. The van der Waals surface area contributed by atoms with Crippen LogP contribution in [-0.4, -0.2) is 55.0 Å². The van der Waals surface area contributed by atoms with Gasteiger partial charge in [-0.3, -0.25) is 9.69 Å². The van der Waals surface area contributed by atoms with Crippen LogP contribution in [0.4, 0.5) is 0 Å². The van der Waals surface area contributed by atoms with Crippen LogP contribution in [0.25, 0.3) is 0 Å². The molecular formula is C16H25N3O2. The van der Waals surface area contributed by atoms with Gasteiger partial charge in [-0.1, -0.05) is 6.92 Å². The van der Waals surface area contributed by atoms with Gasteiger partial charge >= 0.3 is 0 Å². The lowest BCUT2D eigenvalue weighted by atomic mass is 9.99. The van der Waals surface area contributed by atoms with Crippen molar-refractivity contribution in [3.8, 4) is 0 Å². The number of rotatable bonds is 3. The number of likely N-dealkylation sites (tertiary alicyclic amines) is 1. The van der Waals surface area contributed by atoms with E-state index in [9.17, 15) is 4.79 Å². The van der Waals surface area contributed by atoms with E-state index in [-0.39, 0.29) is 5.91 Å². The van der Waals surface area contributed by atoms with E-state index >= 15 is 0 Å². The van der Waals surface area contributed by atoms with Gasteiger partial charge in [-0.05, 0) is 44.0 Å². The van der Waals surface area contributed by atoms with Crippen LogP contribution in [0.3, 0.4) is 0 Å². The zero-order valence-corrected chi connectivity index (χ0v) is 12.8. The minimum atomic E-state index is 0.0232. The second-order valence-corrected chi connectivity index (χ2v) is 6.27. The Labute approximate surface area is 126 Å². The van der Waals surface area contributed by atoms with Crippen LogP contribution in [0.15, 0.2) is 16.5 Å². The van der Waals surface area contributed by atoms with E-state index in [1.807, 2.05) is 17.0 Å². The van der Waals surface area contributed by atoms with Gasteiger partial charge in [0.1, 0.15) is 5.76 Å². The monoisotopic (exact) mass is 291 g/mol. The molecule has 0 unspecified atom stereocenters. The zero-order valence-electron chi connectivity index (χ0n) is 12.8. The molecule has 116 valence electrons. The second-order valence-electron chi connectivity index (χ2n) is 6.27. The van der Waals surface area contributed by atoms with E-state index < -0.39 is 0 Å². The van der Waals surface area contributed by atoms with Crippen molar-refractivity contribution in [3.05, 3.63) is 23.7 Å². The third-order valence-corrected chi connectivity index (χ3v) is 4.53. The average molecular weight is 291 g/mol. The summed E-state index contributed by atoms with van der Waals surface area (Å²) in [7, 11) is 0. The molecule has 0 aliphatic carbocycles. The van der Waals surface area contributed by atoms with E-state index in [4.69, 9.17) is 4.42 Å². The number of piperazine rings is 1. The van der Waals surface area contributed by atoms with Crippen LogP contribution in [-0.2, 0) is 6.54 Å². The van der Waals surface area contributed by atoms with Gasteiger partial charge in [-0.25, -0.2) is 0 Å². The van der Waals surface area contributed by atoms with Gasteiger partial charge in [0.05, 0.1) is 6.54 Å². The van der Waals surface area contributed by atoms with Crippen molar-refractivity contribution in [2.75, 3.05) is 39.3 Å². The Morgan fingerprint density at radius 3 is 2.67 bits per heavy atom. The molecule has 0 radical (unpaired) electrons. The van der Waals surface area contributed by atoms with E-state index in [1.165, 1.54) is 12.8 Å². The fraction of sp³-hybridized carbons (Fsp3) is 0.688. The molecule has 0 bridgehead atoms.